The third-order valence-corrected chi connectivity index (χ3v) is 1.17. The lowest BCUT2D eigenvalue weighted by atomic mass is 10.1. The zero-order valence-electron chi connectivity index (χ0n) is 8.89. The third kappa shape index (κ3) is 6.03. The standard InChI is InChI=1S/C10H17NO2/c1-7-10(5,6)11-8(12)13-9(2,3)4/h1H,2-6H3,(H,11,12). The second-order valence-electron chi connectivity index (χ2n) is 4.40. The highest BCUT2D eigenvalue weighted by atomic mass is 16.6. The summed E-state index contributed by atoms with van der Waals surface area (Å²) in [5.41, 5.74) is -1.16. The average molecular weight is 183 g/mol. The molecule has 3 nitrogen and oxygen atoms in total. The Kier molecular flexibility index (Phi) is 3.36. The van der Waals surface area contributed by atoms with Crippen LogP contribution in [0.4, 0.5) is 4.79 Å². The Balaban J connectivity index is 4.13. The number of carbonyl (C=O) groups excluding carboxylic acids is 1. The van der Waals surface area contributed by atoms with Gasteiger partial charge in [-0.3, -0.25) is 0 Å². The van der Waals surface area contributed by atoms with Crippen molar-refractivity contribution in [1.29, 1.82) is 0 Å². The number of alkyl carbamates (subject to hydrolysis) is 1. The number of nitrogens with one attached hydrogen (secondary N) is 1. The van der Waals surface area contributed by atoms with Gasteiger partial charge in [0.2, 0.25) is 0 Å². The van der Waals surface area contributed by atoms with Gasteiger partial charge < -0.3 is 10.1 Å². The summed E-state index contributed by atoms with van der Waals surface area (Å²) in [6.45, 7) is 8.87. The van der Waals surface area contributed by atoms with E-state index in [2.05, 4.69) is 11.2 Å². The maximum absolute atomic E-state index is 11.2. The monoisotopic (exact) mass is 183 g/mol. The van der Waals surface area contributed by atoms with Gasteiger partial charge in [0.15, 0.2) is 0 Å². The molecule has 0 aliphatic heterocycles. The summed E-state index contributed by atoms with van der Waals surface area (Å²) in [7, 11) is 0. The molecule has 0 heterocycles. The Bertz CT molecular complexity index is 230. The Hall–Kier alpha value is -1.17. The lowest BCUT2D eigenvalue weighted by Gasteiger charge is -2.24. The largest absolute Gasteiger partial charge is 0.444 e. The Morgan fingerprint density at radius 1 is 1.31 bits per heavy atom. The number of amides is 1. The van der Waals surface area contributed by atoms with Gasteiger partial charge >= 0.3 is 6.09 Å². The molecule has 0 radical (unpaired) electrons. The number of carbonyl (C=O) groups is 1. The number of ether oxygens (including phenoxy) is 1. The molecular formula is C10H17NO2. The number of hydrogen-bond acceptors (Lipinski definition) is 2. The van der Waals surface area contributed by atoms with E-state index in [9.17, 15) is 4.79 Å². The van der Waals surface area contributed by atoms with Crippen LogP contribution in [0.2, 0.25) is 0 Å². The van der Waals surface area contributed by atoms with E-state index in [4.69, 9.17) is 11.2 Å². The van der Waals surface area contributed by atoms with Gasteiger partial charge in [-0.1, -0.05) is 5.92 Å². The molecule has 0 aliphatic carbocycles. The topological polar surface area (TPSA) is 38.3 Å². The van der Waals surface area contributed by atoms with E-state index in [0.717, 1.165) is 0 Å². The van der Waals surface area contributed by atoms with E-state index < -0.39 is 17.2 Å². The van der Waals surface area contributed by atoms with Crippen LogP contribution in [0, 0.1) is 12.3 Å². The molecule has 0 saturated heterocycles. The summed E-state index contributed by atoms with van der Waals surface area (Å²) in [5, 5.41) is 2.57. The fourth-order valence-corrected chi connectivity index (χ4v) is 0.595. The van der Waals surface area contributed by atoms with Crippen molar-refractivity contribution in [3.05, 3.63) is 0 Å². The van der Waals surface area contributed by atoms with Crippen LogP contribution in [0.1, 0.15) is 34.6 Å². The molecule has 0 aliphatic rings. The van der Waals surface area contributed by atoms with Gasteiger partial charge in [-0.05, 0) is 34.6 Å². The van der Waals surface area contributed by atoms with E-state index >= 15 is 0 Å². The minimum atomic E-state index is -0.664. The Morgan fingerprint density at radius 2 is 1.77 bits per heavy atom. The van der Waals surface area contributed by atoms with Crippen LogP contribution in [-0.2, 0) is 4.74 Å². The first kappa shape index (κ1) is 11.8. The molecule has 0 aromatic carbocycles. The van der Waals surface area contributed by atoms with Crippen LogP contribution in [0.3, 0.4) is 0 Å². The molecule has 0 bridgehead atoms. The summed E-state index contributed by atoms with van der Waals surface area (Å²) >= 11 is 0. The van der Waals surface area contributed by atoms with Crippen molar-refractivity contribution in [2.75, 3.05) is 0 Å². The van der Waals surface area contributed by atoms with Crippen molar-refractivity contribution in [3.63, 3.8) is 0 Å². The first-order valence-electron chi connectivity index (χ1n) is 4.15. The highest BCUT2D eigenvalue weighted by molar-refractivity contribution is 5.69. The molecule has 1 N–H and O–H groups in total. The van der Waals surface area contributed by atoms with Crippen molar-refractivity contribution in [2.45, 2.75) is 45.8 Å². The van der Waals surface area contributed by atoms with Gasteiger partial charge in [0.05, 0.1) is 5.54 Å². The van der Waals surface area contributed by atoms with E-state index in [0.29, 0.717) is 0 Å². The lowest BCUT2D eigenvalue weighted by Crippen LogP contribution is -2.44. The zero-order chi connectivity index (χ0) is 10.7. The first-order chi connectivity index (χ1) is 5.66. The van der Waals surface area contributed by atoms with Crippen molar-refractivity contribution in [1.82, 2.24) is 5.32 Å². The third-order valence-electron chi connectivity index (χ3n) is 1.17. The SMILES string of the molecule is C#CC(C)(C)NC(=O)OC(C)(C)C. The molecule has 0 spiro atoms. The molecule has 0 unspecified atom stereocenters. The molecule has 0 atom stereocenters. The lowest BCUT2D eigenvalue weighted by molar-refractivity contribution is 0.0494. The maximum atomic E-state index is 11.2. The van der Waals surface area contributed by atoms with Crippen molar-refractivity contribution in [2.24, 2.45) is 0 Å². The van der Waals surface area contributed by atoms with E-state index in [1.54, 1.807) is 34.6 Å². The smallest absolute Gasteiger partial charge is 0.408 e. The molecular weight excluding hydrogens is 166 g/mol. The van der Waals surface area contributed by atoms with Crippen molar-refractivity contribution in [3.8, 4) is 12.3 Å². The predicted molar refractivity (Wildman–Crippen MR) is 52.3 cm³/mol. The number of terminal acetylenes is 1. The quantitative estimate of drug-likeness (QED) is 0.631. The Labute approximate surface area is 79.8 Å². The summed E-state index contributed by atoms with van der Waals surface area (Å²) in [4.78, 5) is 11.2. The second kappa shape index (κ2) is 3.69. The molecule has 74 valence electrons. The number of hydrogen-bond donors (Lipinski definition) is 1. The molecule has 0 fully saturated rings. The highest BCUT2D eigenvalue weighted by Crippen LogP contribution is 2.08. The zero-order valence-corrected chi connectivity index (χ0v) is 8.89. The van der Waals surface area contributed by atoms with Gasteiger partial charge in [-0.25, -0.2) is 4.79 Å². The number of rotatable bonds is 1. The highest BCUT2D eigenvalue weighted by Gasteiger charge is 2.22. The summed E-state index contributed by atoms with van der Waals surface area (Å²) in [5.74, 6) is 2.45. The molecule has 1 amide bonds. The summed E-state index contributed by atoms with van der Waals surface area (Å²) in [6, 6.07) is 0. The van der Waals surface area contributed by atoms with Gasteiger partial charge in [-0.15, -0.1) is 6.42 Å². The summed E-state index contributed by atoms with van der Waals surface area (Å²) < 4.78 is 5.03. The molecule has 13 heavy (non-hydrogen) atoms. The van der Waals surface area contributed by atoms with E-state index in [1.165, 1.54) is 0 Å². The minimum absolute atomic E-state index is 0.490. The van der Waals surface area contributed by atoms with Gasteiger partial charge in [-0.2, -0.15) is 0 Å². The van der Waals surface area contributed by atoms with Crippen molar-refractivity contribution >= 4 is 6.09 Å². The average Bonchev–Trinajstić information content (AvgIpc) is 1.81. The normalized spacial score (nSPS) is 11.7. The van der Waals surface area contributed by atoms with Crippen LogP contribution < -0.4 is 5.32 Å². The van der Waals surface area contributed by atoms with Crippen molar-refractivity contribution < 1.29 is 9.53 Å². The molecule has 0 aromatic heterocycles. The molecule has 0 saturated carbocycles. The van der Waals surface area contributed by atoms with Crippen LogP contribution in [0.5, 0.6) is 0 Å². The van der Waals surface area contributed by atoms with Gasteiger partial charge in [0.25, 0.3) is 0 Å². The van der Waals surface area contributed by atoms with Crippen LogP contribution in [0.25, 0.3) is 0 Å². The van der Waals surface area contributed by atoms with Crippen LogP contribution in [-0.4, -0.2) is 17.2 Å². The Morgan fingerprint density at radius 3 is 2.08 bits per heavy atom. The van der Waals surface area contributed by atoms with Crippen LogP contribution >= 0.6 is 0 Å². The fourth-order valence-electron chi connectivity index (χ4n) is 0.595. The predicted octanol–water partition coefficient (Wildman–Crippen LogP) is 1.92. The maximum Gasteiger partial charge on any atom is 0.408 e. The molecule has 3 heteroatoms. The molecule has 0 rings (SSSR count). The molecule has 0 aromatic rings. The second-order valence-corrected chi connectivity index (χ2v) is 4.40. The first-order valence-corrected chi connectivity index (χ1v) is 4.15. The summed E-state index contributed by atoms with van der Waals surface area (Å²) in [6.07, 6.45) is 4.71. The fraction of sp³-hybridized carbons (Fsp3) is 0.700. The van der Waals surface area contributed by atoms with E-state index in [1.807, 2.05) is 0 Å². The van der Waals surface area contributed by atoms with Crippen LogP contribution in [0.15, 0.2) is 0 Å². The van der Waals surface area contributed by atoms with Gasteiger partial charge in [0.1, 0.15) is 5.60 Å². The minimum Gasteiger partial charge on any atom is -0.444 e. The van der Waals surface area contributed by atoms with E-state index in [-0.39, 0.29) is 0 Å². The van der Waals surface area contributed by atoms with Gasteiger partial charge in [0, 0.05) is 0 Å².